The maximum Gasteiger partial charge on any atom is 0.203 e. The highest BCUT2D eigenvalue weighted by molar-refractivity contribution is 6.06. The molecule has 1 saturated carbocycles. The van der Waals surface area contributed by atoms with E-state index in [4.69, 9.17) is 23.7 Å². The molecule has 0 radical (unpaired) electrons. The zero-order valence-corrected chi connectivity index (χ0v) is 18.4. The van der Waals surface area contributed by atoms with E-state index < -0.39 is 23.2 Å². The number of hydrogen-bond donors (Lipinski definition) is 1. The summed E-state index contributed by atoms with van der Waals surface area (Å²) in [5.41, 5.74) is -1.38. The lowest BCUT2D eigenvalue weighted by Crippen LogP contribution is -2.60. The van der Waals surface area contributed by atoms with Crippen molar-refractivity contribution in [2.24, 2.45) is 5.92 Å². The molecule has 0 heterocycles. The summed E-state index contributed by atoms with van der Waals surface area (Å²) in [7, 11) is 7.57. The van der Waals surface area contributed by atoms with Gasteiger partial charge >= 0.3 is 0 Å². The molecule has 2 aliphatic carbocycles. The number of aliphatic hydroxyl groups excluding tert-OH is 1. The second-order valence-corrected chi connectivity index (χ2v) is 7.67. The number of hydrogen-bond acceptors (Lipinski definition) is 7. The molecule has 1 aromatic carbocycles. The number of aliphatic hydroxyl groups is 1. The first kappa shape index (κ1) is 22.3. The van der Waals surface area contributed by atoms with Gasteiger partial charge in [0.25, 0.3) is 0 Å². The molecule has 7 nitrogen and oxygen atoms in total. The Morgan fingerprint density at radius 1 is 1.07 bits per heavy atom. The molecule has 5 unspecified atom stereocenters. The summed E-state index contributed by atoms with van der Waals surface area (Å²) in [4.78, 5) is 13.6. The predicted octanol–water partition coefficient (Wildman–Crippen LogP) is 2.66. The molecule has 0 aliphatic heterocycles. The Morgan fingerprint density at radius 3 is 2.10 bits per heavy atom. The topological polar surface area (TPSA) is 83.5 Å². The van der Waals surface area contributed by atoms with Crippen LogP contribution in [0, 0.1) is 5.92 Å². The summed E-state index contributed by atoms with van der Waals surface area (Å²) < 4.78 is 28.2. The second-order valence-electron chi connectivity index (χ2n) is 7.67. The van der Waals surface area contributed by atoms with E-state index in [0.29, 0.717) is 29.2 Å². The first-order valence-corrected chi connectivity index (χ1v) is 9.78. The number of allylic oxidation sites excluding steroid dienone is 1. The molecule has 0 amide bonds. The van der Waals surface area contributed by atoms with Gasteiger partial charge in [-0.05, 0) is 30.2 Å². The van der Waals surface area contributed by atoms with Crippen LogP contribution in [-0.4, -0.2) is 63.7 Å². The Hall–Kier alpha value is -2.35. The standard InChI is InChI=1S/C23H30O7/c1-8-9-14-12-22(29-6)13(2)18(23(30-7,20(14)24)21(22)25)15-10-16(26-3)19(28-5)17(11-15)27-4/h8,10-13,18,21,25H,1,9H2,2-7H3. The SMILES string of the molecule is C=CCC1=CC2(OC)C(C)C(c3cc(OC)c(OC)c(OC)c3)C(OC)(C1=O)C2O. The monoisotopic (exact) mass is 418 g/mol. The number of carbonyl (C=O) groups is 1. The van der Waals surface area contributed by atoms with Crippen molar-refractivity contribution in [2.45, 2.75) is 36.6 Å². The number of ether oxygens (including phenoxy) is 5. The average Bonchev–Trinajstić information content (AvgIpc) is 2.90. The fraction of sp³-hybridized carbons (Fsp3) is 0.522. The minimum Gasteiger partial charge on any atom is -0.493 e. The molecule has 3 rings (SSSR count). The van der Waals surface area contributed by atoms with Gasteiger partial charge in [-0.3, -0.25) is 4.79 Å². The van der Waals surface area contributed by atoms with Gasteiger partial charge in [0.15, 0.2) is 22.9 Å². The van der Waals surface area contributed by atoms with Crippen LogP contribution in [0.25, 0.3) is 0 Å². The first-order valence-electron chi connectivity index (χ1n) is 9.78. The van der Waals surface area contributed by atoms with Crippen LogP contribution in [0.15, 0.2) is 36.4 Å². The molecule has 0 saturated heterocycles. The van der Waals surface area contributed by atoms with Crippen LogP contribution in [0.1, 0.15) is 24.8 Å². The predicted molar refractivity (Wildman–Crippen MR) is 111 cm³/mol. The number of fused-ring (bicyclic) bond motifs is 2. The van der Waals surface area contributed by atoms with Crippen molar-refractivity contribution in [3.05, 3.63) is 42.0 Å². The Labute approximate surface area is 177 Å². The van der Waals surface area contributed by atoms with Crippen LogP contribution in [0.5, 0.6) is 17.2 Å². The van der Waals surface area contributed by atoms with E-state index in [9.17, 15) is 9.90 Å². The largest absolute Gasteiger partial charge is 0.493 e. The zero-order chi connectivity index (χ0) is 22.3. The van der Waals surface area contributed by atoms with Crippen LogP contribution in [-0.2, 0) is 14.3 Å². The first-order chi connectivity index (χ1) is 14.3. The van der Waals surface area contributed by atoms with Gasteiger partial charge in [-0.15, -0.1) is 6.58 Å². The number of rotatable bonds is 8. The number of Topliss-reactive ketones (excluding diaryl/α,β-unsaturated/α-hetero) is 1. The summed E-state index contributed by atoms with van der Waals surface area (Å²) >= 11 is 0. The fourth-order valence-corrected chi connectivity index (χ4v) is 5.26. The van der Waals surface area contributed by atoms with Crippen LogP contribution in [0.2, 0.25) is 0 Å². The summed E-state index contributed by atoms with van der Waals surface area (Å²) in [5, 5.41) is 11.4. The Bertz CT molecular complexity index is 851. The highest BCUT2D eigenvalue weighted by Gasteiger charge is 2.72. The van der Waals surface area contributed by atoms with E-state index >= 15 is 0 Å². The van der Waals surface area contributed by atoms with Gasteiger partial charge in [0.1, 0.15) is 11.7 Å². The minimum atomic E-state index is -1.52. The summed E-state index contributed by atoms with van der Waals surface area (Å²) in [5.74, 6) is 0.262. The molecule has 2 aliphatic rings. The number of benzene rings is 1. The molecular weight excluding hydrogens is 388 g/mol. The van der Waals surface area contributed by atoms with Crippen molar-refractivity contribution in [3.8, 4) is 17.2 Å². The Morgan fingerprint density at radius 2 is 1.67 bits per heavy atom. The molecule has 1 N–H and O–H groups in total. The van der Waals surface area contributed by atoms with Crippen molar-refractivity contribution in [1.82, 2.24) is 0 Å². The number of carbonyl (C=O) groups excluding carboxylic acids is 1. The van der Waals surface area contributed by atoms with Crippen molar-refractivity contribution in [3.63, 3.8) is 0 Å². The van der Waals surface area contributed by atoms with Gasteiger partial charge in [-0.1, -0.05) is 13.0 Å². The highest BCUT2D eigenvalue weighted by Crippen LogP contribution is 2.60. The normalized spacial score (nSPS) is 32.6. The quantitative estimate of drug-likeness (QED) is 0.650. The van der Waals surface area contributed by atoms with Crippen molar-refractivity contribution < 1.29 is 33.6 Å². The summed E-state index contributed by atoms with van der Waals surface area (Å²) in [6.45, 7) is 5.70. The van der Waals surface area contributed by atoms with E-state index in [1.54, 1.807) is 24.3 Å². The molecule has 1 aromatic rings. The lowest BCUT2D eigenvalue weighted by atomic mass is 9.74. The molecule has 7 heteroatoms. The molecular formula is C23H30O7. The van der Waals surface area contributed by atoms with Crippen LogP contribution < -0.4 is 14.2 Å². The number of ketones is 1. The lowest BCUT2D eigenvalue weighted by molar-refractivity contribution is -0.169. The second kappa shape index (κ2) is 8.06. The van der Waals surface area contributed by atoms with E-state index in [2.05, 4.69) is 6.58 Å². The minimum absolute atomic E-state index is 0.270. The molecule has 0 aromatic heterocycles. The van der Waals surface area contributed by atoms with Gasteiger partial charge in [0.2, 0.25) is 5.75 Å². The van der Waals surface area contributed by atoms with E-state index in [-0.39, 0.29) is 11.7 Å². The van der Waals surface area contributed by atoms with Gasteiger partial charge < -0.3 is 28.8 Å². The Balaban J connectivity index is 2.29. The van der Waals surface area contributed by atoms with Crippen LogP contribution >= 0.6 is 0 Å². The summed E-state index contributed by atoms with van der Waals surface area (Å²) in [6.07, 6.45) is 2.56. The van der Waals surface area contributed by atoms with Gasteiger partial charge in [0.05, 0.1) is 21.3 Å². The van der Waals surface area contributed by atoms with Crippen molar-refractivity contribution >= 4 is 5.78 Å². The van der Waals surface area contributed by atoms with E-state index in [1.807, 2.05) is 6.92 Å². The van der Waals surface area contributed by atoms with Crippen molar-refractivity contribution in [1.29, 1.82) is 0 Å². The maximum absolute atomic E-state index is 13.6. The lowest BCUT2D eigenvalue weighted by Gasteiger charge is -2.41. The number of methoxy groups -OCH3 is 5. The third kappa shape index (κ3) is 2.72. The average molecular weight is 418 g/mol. The summed E-state index contributed by atoms with van der Waals surface area (Å²) in [6, 6.07) is 3.58. The van der Waals surface area contributed by atoms with Gasteiger partial charge in [-0.2, -0.15) is 0 Å². The maximum atomic E-state index is 13.6. The van der Waals surface area contributed by atoms with Gasteiger partial charge in [0, 0.05) is 31.6 Å². The molecule has 164 valence electrons. The molecule has 0 spiro atoms. The van der Waals surface area contributed by atoms with E-state index in [0.717, 1.165) is 5.56 Å². The smallest absolute Gasteiger partial charge is 0.203 e. The van der Waals surface area contributed by atoms with Crippen molar-refractivity contribution in [2.75, 3.05) is 35.5 Å². The van der Waals surface area contributed by atoms with Crippen LogP contribution in [0.3, 0.4) is 0 Å². The molecule has 2 bridgehead atoms. The third-order valence-corrected chi connectivity index (χ3v) is 6.66. The van der Waals surface area contributed by atoms with E-state index in [1.165, 1.54) is 35.5 Å². The molecule has 1 fully saturated rings. The Kier molecular flexibility index (Phi) is 6.00. The molecule has 5 atom stereocenters. The fourth-order valence-electron chi connectivity index (χ4n) is 5.26. The third-order valence-electron chi connectivity index (χ3n) is 6.66. The molecule has 30 heavy (non-hydrogen) atoms. The zero-order valence-electron chi connectivity index (χ0n) is 18.4. The highest BCUT2D eigenvalue weighted by atomic mass is 16.5. The van der Waals surface area contributed by atoms with Crippen LogP contribution in [0.4, 0.5) is 0 Å². The van der Waals surface area contributed by atoms with Gasteiger partial charge in [-0.25, -0.2) is 0 Å².